The van der Waals surface area contributed by atoms with Crippen LogP contribution in [0.2, 0.25) is 0 Å². The van der Waals surface area contributed by atoms with E-state index in [0.717, 1.165) is 0 Å². The van der Waals surface area contributed by atoms with E-state index in [0.29, 0.717) is 19.6 Å². The smallest absolute Gasteiger partial charge is 0.236 e. The van der Waals surface area contributed by atoms with E-state index in [9.17, 15) is 9.90 Å². The molecule has 0 spiro atoms. The van der Waals surface area contributed by atoms with Crippen LogP contribution in [0, 0.1) is 5.41 Å². The van der Waals surface area contributed by atoms with Crippen molar-refractivity contribution in [1.82, 2.24) is 9.80 Å². The summed E-state index contributed by atoms with van der Waals surface area (Å²) in [6, 6.07) is 0. The lowest BCUT2D eigenvalue weighted by Gasteiger charge is -2.21. The van der Waals surface area contributed by atoms with Gasteiger partial charge in [0.25, 0.3) is 0 Å². The van der Waals surface area contributed by atoms with E-state index in [1.54, 1.807) is 4.90 Å². The molecule has 1 heterocycles. The van der Waals surface area contributed by atoms with E-state index in [1.807, 2.05) is 32.8 Å². The van der Waals surface area contributed by atoms with Crippen LogP contribution in [-0.2, 0) is 4.79 Å². The van der Waals surface area contributed by atoms with Crippen LogP contribution in [0.15, 0.2) is 0 Å². The largest absolute Gasteiger partial charge is 0.391 e. The second-order valence-corrected chi connectivity index (χ2v) is 5.02. The van der Waals surface area contributed by atoms with Gasteiger partial charge in [-0.1, -0.05) is 13.8 Å². The van der Waals surface area contributed by atoms with Gasteiger partial charge in [-0.3, -0.25) is 4.79 Å². The van der Waals surface area contributed by atoms with E-state index >= 15 is 0 Å². The van der Waals surface area contributed by atoms with Gasteiger partial charge in [0.2, 0.25) is 5.91 Å². The minimum atomic E-state index is -0.395. The van der Waals surface area contributed by atoms with Crippen molar-refractivity contribution < 1.29 is 9.90 Å². The highest BCUT2D eigenvalue weighted by Crippen LogP contribution is 2.29. The van der Waals surface area contributed by atoms with E-state index in [4.69, 9.17) is 0 Å². The lowest BCUT2D eigenvalue weighted by molar-refractivity contribution is -0.131. The Balaban J connectivity index is 2.53. The highest BCUT2D eigenvalue weighted by Gasteiger charge is 2.39. The fourth-order valence-electron chi connectivity index (χ4n) is 1.68. The minimum absolute atomic E-state index is 0.0969. The molecule has 1 N–H and O–H groups in total. The molecule has 1 amide bonds. The highest BCUT2D eigenvalue weighted by molar-refractivity contribution is 5.78. The Kier molecular flexibility index (Phi) is 3.17. The summed E-state index contributed by atoms with van der Waals surface area (Å²) >= 11 is 0. The van der Waals surface area contributed by atoms with Crippen molar-refractivity contribution in [1.29, 1.82) is 0 Å². The Labute approximate surface area is 85.5 Å². The second-order valence-electron chi connectivity index (χ2n) is 5.02. The number of carbonyl (C=O) groups is 1. The average Bonchev–Trinajstić information content (AvgIpc) is 2.25. The van der Waals surface area contributed by atoms with Gasteiger partial charge in [-0.2, -0.15) is 0 Å². The van der Waals surface area contributed by atoms with Crippen molar-refractivity contribution >= 4 is 5.91 Å². The predicted molar refractivity (Wildman–Crippen MR) is 54.9 cm³/mol. The third-order valence-electron chi connectivity index (χ3n) is 2.70. The number of aliphatic hydroxyl groups excluding tert-OH is 1. The normalized spacial score (nSPS) is 25.9. The maximum Gasteiger partial charge on any atom is 0.236 e. The first-order chi connectivity index (χ1) is 6.33. The summed E-state index contributed by atoms with van der Waals surface area (Å²) < 4.78 is 0. The summed E-state index contributed by atoms with van der Waals surface area (Å²) in [6.07, 6.45) is -0.395. The van der Waals surface area contributed by atoms with Gasteiger partial charge in [0.05, 0.1) is 12.6 Å². The first-order valence-corrected chi connectivity index (χ1v) is 4.93. The fraction of sp³-hybridized carbons (Fsp3) is 0.900. The summed E-state index contributed by atoms with van der Waals surface area (Å²) in [4.78, 5) is 15.3. The van der Waals surface area contributed by atoms with Crippen LogP contribution < -0.4 is 0 Å². The summed E-state index contributed by atoms with van der Waals surface area (Å²) in [6.45, 7) is 5.52. The molecule has 1 aliphatic heterocycles. The van der Waals surface area contributed by atoms with Gasteiger partial charge in [0.15, 0.2) is 0 Å². The zero-order chi connectivity index (χ0) is 10.9. The van der Waals surface area contributed by atoms with Crippen molar-refractivity contribution in [3.05, 3.63) is 0 Å². The summed E-state index contributed by atoms with van der Waals surface area (Å²) in [5.41, 5.74) is -0.165. The minimum Gasteiger partial charge on any atom is -0.391 e. The van der Waals surface area contributed by atoms with E-state index in [1.165, 1.54) is 0 Å². The van der Waals surface area contributed by atoms with E-state index < -0.39 is 6.10 Å². The molecule has 0 aromatic carbocycles. The molecule has 0 aromatic rings. The lowest BCUT2D eigenvalue weighted by Crippen LogP contribution is -2.37. The molecule has 0 bridgehead atoms. The summed E-state index contributed by atoms with van der Waals surface area (Å²) in [7, 11) is 3.74. The predicted octanol–water partition coefficient (Wildman–Crippen LogP) is -0.223. The lowest BCUT2D eigenvalue weighted by atomic mass is 9.90. The van der Waals surface area contributed by atoms with Crippen LogP contribution in [0.25, 0.3) is 0 Å². The Bertz CT molecular complexity index is 226. The summed E-state index contributed by atoms with van der Waals surface area (Å²) in [5, 5.41) is 9.70. The molecule has 1 unspecified atom stereocenters. The van der Waals surface area contributed by atoms with Crippen LogP contribution >= 0.6 is 0 Å². The standard InChI is InChI=1S/C10H20N2O2/c1-10(2)7-12(5-8(10)13)9(14)6-11(3)4/h8,13H,5-7H2,1-4H3. The van der Waals surface area contributed by atoms with Crippen LogP contribution in [-0.4, -0.2) is 60.6 Å². The SMILES string of the molecule is CN(C)CC(=O)N1CC(O)C(C)(C)C1. The molecule has 4 nitrogen and oxygen atoms in total. The molecule has 14 heavy (non-hydrogen) atoms. The Morgan fingerprint density at radius 3 is 2.50 bits per heavy atom. The number of likely N-dealkylation sites (N-methyl/N-ethyl adjacent to an activating group) is 1. The van der Waals surface area contributed by atoms with Crippen molar-refractivity contribution in [2.45, 2.75) is 20.0 Å². The molecule has 0 radical (unpaired) electrons. The first-order valence-electron chi connectivity index (χ1n) is 4.93. The Hall–Kier alpha value is -0.610. The fourth-order valence-corrected chi connectivity index (χ4v) is 1.68. The van der Waals surface area contributed by atoms with Gasteiger partial charge in [-0.25, -0.2) is 0 Å². The topological polar surface area (TPSA) is 43.8 Å². The zero-order valence-electron chi connectivity index (χ0n) is 9.45. The number of carbonyl (C=O) groups excluding carboxylic acids is 1. The molecule has 1 rings (SSSR count). The van der Waals surface area contributed by atoms with Gasteiger partial charge in [0.1, 0.15) is 0 Å². The molecular weight excluding hydrogens is 180 g/mol. The summed E-state index contributed by atoms with van der Waals surface area (Å²) in [5.74, 6) is 0.0969. The second kappa shape index (κ2) is 3.87. The van der Waals surface area contributed by atoms with Gasteiger partial charge >= 0.3 is 0 Å². The first kappa shape index (κ1) is 11.5. The number of likely N-dealkylation sites (tertiary alicyclic amines) is 1. The van der Waals surface area contributed by atoms with Crippen molar-refractivity contribution in [2.24, 2.45) is 5.41 Å². The number of aliphatic hydroxyl groups is 1. The number of β-amino-alcohol motifs (C(OH)–C–C–N with tert-alkyl or cyclic N) is 1. The molecule has 1 aliphatic rings. The maximum absolute atomic E-state index is 11.7. The Morgan fingerprint density at radius 1 is 1.57 bits per heavy atom. The highest BCUT2D eigenvalue weighted by atomic mass is 16.3. The van der Waals surface area contributed by atoms with Gasteiger partial charge in [0, 0.05) is 18.5 Å². The molecular formula is C10H20N2O2. The van der Waals surface area contributed by atoms with E-state index in [-0.39, 0.29) is 11.3 Å². The van der Waals surface area contributed by atoms with Crippen LogP contribution in [0.5, 0.6) is 0 Å². The van der Waals surface area contributed by atoms with E-state index in [2.05, 4.69) is 0 Å². The molecule has 4 heteroatoms. The van der Waals surface area contributed by atoms with Crippen LogP contribution in [0.1, 0.15) is 13.8 Å². The maximum atomic E-state index is 11.7. The molecule has 1 saturated heterocycles. The van der Waals surface area contributed by atoms with Crippen LogP contribution in [0.3, 0.4) is 0 Å². The van der Waals surface area contributed by atoms with Crippen molar-refractivity contribution in [3.63, 3.8) is 0 Å². The number of nitrogens with zero attached hydrogens (tertiary/aromatic N) is 2. The molecule has 1 fully saturated rings. The molecule has 1 atom stereocenters. The number of rotatable bonds is 2. The quantitative estimate of drug-likeness (QED) is 0.670. The monoisotopic (exact) mass is 200 g/mol. The molecule has 0 aliphatic carbocycles. The average molecular weight is 200 g/mol. The third kappa shape index (κ3) is 2.45. The number of hydrogen-bond acceptors (Lipinski definition) is 3. The van der Waals surface area contributed by atoms with Gasteiger partial charge < -0.3 is 14.9 Å². The van der Waals surface area contributed by atoms with Gasteiger partial charge in [-0.05, 0) is 14.1 Å². The molecule has 82 valence electrons. The Morgan fingerprint density at radius 2 is 2.14 bits per heavy atom. The number of amides is 1. The third-order valence-corrected chi connectivity index (χ3v) is 2.70. The number of hydrogen-bond donors (Lipinski definition) is 1. The van der Waals surface area contributed by atoms with Crippen LogP contribution in [0.4, 0.5) is 0 Å². The molecule has 0 saturated carbocycles. The molecule has 0 aromatic heterocycles. The van der Waals surface area contributed by atoms with Gasteiger partial charge in [-0.15, -0.1) is 0 Å². The zero-order valence-corrected chi connectivity index (χ0v) is 9.45. The van der Waals surface area contributed by atoms with Crippen molar-refractivity contribution in [3.8, 4) is 0 Å². The van der Waals surface area contributed by atoms with Crippen molar-refractivity contribution in [2.75, 3.05) is 33.7 Å².